The van der Waals surface area contributed by atoms with Crippen molar-refractivity contribution in [2.24, 2.45) is 0 Å². The lowest BCUT2D eigenvalue weighted by molar-refractivity contribution is -0.163. The zero-order valence-electron chi connectivity index (χ0n) is 10.1. The molecule has 0 spiro atoms. The van der Waals surface area contributed by atoms with Gasteiger partial charge in [0.1, 0.15) is 0 Å². The lowest BCUT2D eigenvalue weighted by Gasteiger charge is -2.20. The van der Waals surface area contributed by atoms with Crippen molar-refractivity contribution >= 4 is 27.7 Å². The van der Waals surface area contributed by atoms with Crippen LogP contribution < -0.4 is 0 Å². The Morgan fingerprint density at radius 2 is 2.17 bits per heavy atom. The van der Waals surface area contributed by atoms with Crippen LogP contribution in [0.5, 0.6) is 0 Å². The number of benzene rings is 1. The van der Waals surface area contributed by atoms with Crippen LogP contribution >= 0.6 is 15.9 Å². The van der Waals surface area contributed by atoms with Gasteiger partial charge >= 0.3 is 5.97 Å². The number of carbonyl (C=O) groups is 2. The molecule has 0 fully saturated rings. The summed E-state index contributed by atoms with van der Waals surface area (Å²) in [6.45, 7) is 3.34. The highest BCUT2D eigenvalue weighted by Crippen LogP contribution is 2.33. The number of ketones is 1. The minimum Gasteiger partial charge on any atom is -0.460 e. The second kappa shape index (κ2) is 4.48. The topological polar surface area (TPSA) is 63.6 Å². The van der Waals surface area contributed by atoms with E-state index in [1.807, 2.05) is 0 Å². The molecule has 5 heteroatoms. The molecule has 0 saturated heterocycles. The van der Waals surface area contributed by atoms with E-state index in [0.717, 1.165) is 4.47 Å². The highest BCUT2D eigenvalue weighted by Gasteiger charge is 2.51. The molecule has 1 unspecified atom stereocenters. The third-order valence-electron chi connectivity index (χ3n) is 2.81. The molecule has 1 aromatic carbocycles. The number of Topliss-reactive ketones (excluding diaryl/α,β-unsaturated/α-hetero) is 1. The van der Waals surface area contributed by atoms with Crippen molar-refractivity contribution in [3.63, 3.8) is 0 Å². The van der Waals surface area contributed by atoms with E-state index in [1.165, 1.54) is 0 Å². The average molecular weight is 313 g/mol. The molecular formula is C13H13BrO4. The first kappa shape index (κ1) is 13.2. The molecule has 0 radical (unpaired) electrons. The van der Waals surface area contributed by atoms with Crippen molar-refractivity contribution in [1.29, 1.82) is 0 Å². The quantitative estimate of drug-likeness (QED) is 0.669. The van der Waals surface area contributed by atoms with Gasteiger partial charge in [0.25, 0.3) is 0 Å². The van der Waals surface area contributed by atoms with Crippen LogP contribution in [0.3, 0.4) is 0 Å². The number of ether oxygens (including phenoxy) is 1. The van der Waals surface area contributed by atoms with Gasteiger partial charge in [0.15, 0.2) is 0 Å². The lowest BCUT2D eigenvalue weighted by Crippen LogP contribution is -2.46. The number of rotatable bonds is 2. The molecule has 1 aliphatic rings. The van der Waals surface area contributed by atoms with Crippen LogP contribution in [0.15, 0.2) is 22.7 Å². The summed E-state index contributed by atoms with van der Waals surface area (Å²) < 4.78 is 5.75. The van der Waals surface area contributed by atoms with Crippen molar-refractivity contribution < 1.29 is 19.4 Å². The highest BCUT2D eigenvalue weighted by molar-refractivity contribution is 9.10. The molecule has 18 heavy (non-hydrogen) atoms. The number of carbonyl (C=O) groups excluding carboxylic acids is 2. The minimum absolute atomic E-state index is 0.0356. The zero-order chi connectivity index (χ0) is 13.5. The summed E-state index contributed by atoms with van der Waals surface area (Å²) in [5, 5.41) is 10.3. The van der Waals surface area contributed by atoms with Crippen LogP contribution in [-0.2, 0) is 16.0 Å². The Morgan fingerprint density at radius 3 is 2.78 bits per heavy atom. The monoisotopic (exact) mass is 312 g/mol. The van der Waals surface area contributed by atoms with Gasteiger partial charge < -0.3 is 9.84 Å². The van der Waals surface area contributed by atoms with Crippen molar-refractivity contribution in [3.05, 3.63) is 33.8 Å². The van der Waals surface area contributed by atoms with Gasteiger partial charge in [-0.2, -0.15) is 0 Å². The standard InChI is InChI=1S/C13H13BrO4/c1-7(2)18-12(16)13(17)6-8-5-9(14)3-4-10(8)11(13)15/h3-5,7,17H,6H2,1-2H3. The Bertz CT molecular complexity index is 524. The Morgan fingerprint density at radius 1 is 1.50 bits per heavy atom. The van der Waals surface area contributed by atoms with Gasteiger partial charge in [0.05, 0.1) is 6.10 Å². The predicted molar refractivity (Wildman–Crippen MR) is 68.4 cm³/mol. The fraction of sp³-hybridized carbons (Fsp3) is 0.385. The van der Waals surface area contributed by atoms with Crippen LogP contribution in [0.2, 0.25) is 0 Å². The van der Waals surface area contributed by atoms with Gasteiger partial charge in [-0.25, -0.2) is 4.79 Å². The van der Waals surface area contributed by atoms with E-state index < -0.39 is 17.4 Å². The summed E-state index contributed by atoms with van der Waals surface area (Å²) in [5.41, 5.74) is -1.05. The molecular weight excluding hydrogens is 300 g/mol. The lowest BCUT2D eigenvalue weighted by atomic mass is 9.99. The number of hydrogen-bond donors (Lipinski definition) is 1. The summed E-state index contributed by atoms with van der Waals surface area (Å²) in [6, 6.07) is 5.03. The first-order valence-electron chi connectivity index (χ1n) is 5.61. The molecule has 1 N–H and O–H groups in total. The zero-order valence-corrected chi connectivity index (χ0v) is 11.7. The molecule has 0 aromatic heterocycles. The van der Waals surface area contributed by atoms with E-state index in [1.54, 1.807) is 32.0 Å². The summed E-state index contributed by atoms with van der Waals surface area (Å²) >= 11 is 3.29. The number of halogens is 1. The van der Waals surface area contributed by atoms with Gasteiger partial charge in [-0.1, -0.05) is 15.9 Å². The Balaban J connectivity index is 2.35. The van der Waals surface area contributed by atoms with E-state index >= 15 is 0 Å². The Labute approximate surface area is 113 Å². The molecule has 0 bridgehead atoms. The van der Waals surface area contributed by atoms with Crippen molar-refractivity contribution in [2.75, 3.05) is 0 Å². The molecule has 1 aliphatic carbocycles. The first-order chi connectivity index (χ1) is 8.34. The average Bonchev–Trinajstić information content (AvgIpc) is 2.51. The molecule has 0 aliphatic heterocycles. The molecule has 1 atom stereocenters. The van der Waals surface area contributed by atoms with Gasteiger partial charge in [0, 0.05) is 16.5 Å². The molecule has 0 saturated carbocycles. The van der Waals surface area contributed by atoms with Crippen LogP contribution in [-0.4, -0.2) is 28.6 Å². The summed E-state index contributed by atoms with van der Waals surface area (Å²) in [4.78, 5) is 23.9. The van der Waals surface area contributed by atoms with Gasteiger partial charge in [-0.15, -0.1) is 0 Å². The summed E-state index contributed by atoms with van der Waals surface area (Å²) in [5.74, 6) is -1.47. The third-order valence-corrected chi connectivity index (χ3v) is 3.31. The SMILES string of the molecule is CC(C)OC(=O)C1(O)Cc2cc(Br)ccc2C1=O. The van der Waals surface area contributed by atoms with Crippen molar-refractivity contribution in [1.82, 2.24) is 0 Å². The predicted octanol–water partition coefficient (Wildman–Crippen LogP) is 1.87. The number of aliphatic hydroxyl groups is 1. The number of hydrogen-bond acceptors (Lipinski definition) is 4. The molecule has 0 amide bonds. The maximum absolute atomic E-state index is 12.1. The molecule has 2 rings (SSSR count). The maximum atomic E-state index is 12.1. The van der Waals surface area contributed by atoms with Crippen LogP contribution in [0.4, 0.5) is 0 Å². The smallest absolute Gasteiger partial charge is 0.347 e. The van der Waals surface area contributed by atoms with E-state index in [-0.39, 0.29) is 12.5 Å². The summed E-state index contributed by atoms with van der Waals surface area (Å²) in [7, 11) is 0. The van der Waals surface area contributed by atoms with E-state index in [0.29, 0.717) is 11.1 Å². The van der Waals surface area contributed by atoms with Crippen LogP contribution in [0.1, 0.15) is 29.8 Å². The molecule has 96 valence electrons. The molecule has 4 nitrogen and oxygen atoms in total. The molecule has 1 aromatic rings. The maximum Gasteiger partial charge on any atom is 0.347 e. The van der Waals surface area contributed by atoms with E-state index in [2.05, 4.69) is 15.9 Å². The highest BCUT2D eigenvalue weighted by atomic mass is 79.9. The van der Waals surface area contributed by atoms with Gasteiger partial charge in [-0.05, 0) is 37.6 Å². The largest absolute Gasteiger partial charge is 0.460 e. The fourth-order valence-electron chi connectivity index (χ4n) is 1.99. The van der Waals surface area contributed by atoms with Crippen LogP contribution in [0, 0.1) is 0 Å². The van der Waals surface area contributed by atoms with Gasteiger partial charge in [0.2, 0.25) is 11.4 Å². The third kappa shape index (κ3) is 2.08. The second-order valence-electron chi connectivity index (χ2n) is 4.62. The summed E-state index contributed by atoms with van der Waals surface area (Å²) in [6.07, 6.45) is -0.406. The second-order valence-corrected chi connectivity index (χ2v) is 5.54. The molecule has 0 heterocycles. The first-order valence-corrected chi connectivity index (χ1v) is 6.40. The Kier molecular flexibility index (Phi) is 3.29. The van der Waals surface area contributed by atoms with E-state index in [9.17, 15) is 14.7 Å². The Hall–Kier alpha value is -1.20. The van der Waals surface area contributed by atoms with Gasteiger partial charge in [-0.3, -0.25) is 4.79 Å². The van der Waals surface area contributed by atoms with E-state index in [4.69, 9.17) is 4.74 Å². The van der Waals surface area contributed by atoms with Crippen LogP contribution in [0.25, 0.3) is 0 Å². The fourth-order valence-corrected chi connectivity index (χ4v) is 2.39. The normalized spacial score (nSPS) is 22.2. The van der Waals surface area contributed by atoms with Crippen molar-refractivity contribution in [3.8, 4) is 0 Å². The minimum atomic E-state index is -2.08. The van der Waals surface area contributed by atoms with Crippen molar-refractivity contribution in [2.45, 2.75) is 32.0 Å². The number of fused-ring (bicyclic) bond motifs is 1. The number of esters is 1.